The van der Waals surface area contributed by atoms with E-state index in [4.69, 9.17) is 10.5 Å². The Bertz CT molecular complexity index is 418. The number of carbonyl (C=O) groups excluding carboxylic acids is 1. The molecule has 0 saturated carbocycles. The molecule has 0 saturated heterocycles. The molecule has 14 heavy (non-hydrogen) atoms. The maximum atomic E-state index is 13.1. The SMILES string of the molecule is Nc1c(F)cc(F)c2c1C(=O)CCO2. The Kier molecular flexibility index (Phi) is 1.87. The second-order valence-corrected chi connectivity index (χ2v) is 2.98. The molecule has 1 aliphatic rings. The number of benzene rings is 1. The number of ketones is 1. The van der Waals surface area contributed by atoms with Crippen molar-refractivity contribution in [1.29, 1.82) is 0 Å². The van der Waals surface area contributed by atoms with Gasteiger partial charge in [0.2, 0.25) is 0 Å². The number of anilines is 1. The van der Waals surface area contributed by atoms with E-state index in [0.29, 0.717) is 6.07 Å². The zero-order valence-corrected chi connectivity index (χ0v) is 7.14. The Hall–Kier alpha value is -1.65. The first-order valence-electron chi connectivity index (χ1n) is 4.04. The van der Waals surface area contributed by atoms with Crippen LogP contribution in [-0.2, 0) is 0 Å². The zero-order chi connectivity index (χ0) is 10.3. The van der Waals surface area contributed by atoms with Crippen molar-refractivity contribution in [3.63, 3.8) is 0 Å². The molecule has 1 aromatic rings. The highest BCUT2D eigenvalue weighted by molar-refractivity contribution is 6.04. The first-order valence-corrected chi connectivity index (χ1v) is 4.04. The molecule has 2 N–H and O–H groups in total. The molecule has 0 unspecified atom stereocenters. The summed E-state index contributed by atoms with van der Waals surface area (Å²) in [7, 11) is 0. The normalized spacial score (nSPS) is 14.9. The summed E-state index contributed by atoms with van der Waals surface area (Å²) < 4.78 is 31.0. The van der Waals surface area contributed by atoms with Crippen LogP contribution in [-0.4, -0.2) is 12.4 Å². The van der Waals surface area contributed by atoms with Crippen molar-refractivity contribution < 1.29 is 18.3 Å². The molecule has 1 heterocycles. The molecule has 74 valence electrons. The third-order valence-electron chi connectivity index (χ3n) is 2.08. The fourth-order valence-corrected chi connectivity index (χ4v) is 1.40. The molecular weight excluding hydrogens is 192 g/mol. The number of ether oxygens (including phenoxy) is 1. The number of hydrogen-bond donors (Lipinski definition) is 1. The highest BCUT2D eigenvalue weighted by atomic mass is 19.1. The number of nitrogen functional groups attached to an aromatic ring is 1. The Balaban J connectivity index is 2.73. The summed E-state index contributed by atoms with van der Waals surface area (Å²) in [5.41, 5.74) is 4.81. The second kappa shape index (κ2) is 2.94. The summed E-state index contributed by atoms with van der Waals surface area (Å²) in [6, 6.07) is 0.618. The minimum atomic E-state index is -0.930. The molecule has 3 nitrogen and oxygen atoms in total. The molecule has 0 bridgehead atoms. The first-order chi connectivity index (χ1) is 6.61. The molecule has 1 aromatic carbocycles. The van der Waals surface area contributed by atoms with Gasteiger partial charge in [-0.05, 0) is 0 Å². The van der Waals surface area contributed by atoms with Gasteiger partial charge in [-0.1, -0.05) is 0 Å². The number of halogens is 2. The van der Waals surface area contributed by atoms with Crippen molar-refractivity contribution >= 4 is 11.5 Å². The fourth-order valence-electron chi connectivity index (χ4n) is 1.40. The van der Waals surface area contributed by atoms with Gasteiger partial charge in [0, 0.05) is 12.5 Å². The number of hydrogen-bond acceptors (Lipinski definition) is 3. The number of carbonyl (C=O) groups is 1. The summed E-state index contributed by atoms with van der Waals surface area (Å²) in [6.45, 7) is 0.105. The van der Waals surface area contributed by atoms with Crippen molar-refractivity contribution in [2.24, 2.45) is 0 Å². The van der Waals surface area contributed by atoms with E-state index in [-0.39, 0.29) is 35.8 Å². The van der Waals surface area contributed by atoms with Gasteiger partial charge in [-0.25, -0.2) is 8.78 Å². The summed E-state index contributed by atoms with van der Waals surface area (Å²) in [4.78, 5) is 11.3. The van der Waals surface area contributed by atoms with Crippen molar-refractivity contribution in [2.75, 3.05) is 12.3 Å². The van der Waals surface area contributed by atoms with E-state index in [0.717, 1.165) is 0 Å². The van der Waals surface area contributed by atoms with E-state index in [2.05, 4.69) is 0 Å². The van der Waals surface area contributed by atoms with Crippen LogP contribution in [0.5, 0.6) is 5.75 Å². The Morgan fingerprint density at radius 2 is 2.07 bits per heavy atom. The van der Waals surface area contributed by atoms with E-state index in [1.54, 1.807) is 0 Å². The van der Waals surface area contributed by atoms with Gasteiger partial charge in [0.25, 0.3) is 0 Å². The summed E-state index contributed by atoms with van der Waals surface area (Å²) in [5, 5.41) is 0. The van der Waals surface area contributed by atoms with Gasteiger partial charge < -0.3 is 10.5 Å². The van der Waals surface area contributed by atoms with E-state index >= 15 is 0 Å². The molecular formula is C9H7F2NO2. The molecule has 0 spiro atoms. The lowest BCUT2D eigenvalue weighted by molar-refractivity contribution is 0.0930. The van der Waals surface area contributed by atoms with Crippen LogP contribution >= 0.6 is 0 Å². The predicted octanol–water partition coefficient (Wildman–Crippen LogP) is 1.51. The van der Waals surface area contributed by atoms with Crippen LogP contribution in [0.15, 0.2) is 6.07 Å². The summed E-state index contributed by atoms with van der Waals surface area (Å²) >= 11 is 0. The van der Waals surface area contributed by atoms with Gasteiger partial charge in [-0.3, -0.25) is 4.79 Å². The lowest BCUT2D eigenvalue weighted by Crippen LogP contribution is -2.19. The number of Topliss-reactive ketones (excluding diaryl/α,β-unsaturated/α-hetero) is 1. The summed E-state index contributed by atoms with van der Waals surface area (Å²) in [5.74, 6) is -2.44. The lowest BCUT2D eigenvalue weighted by atomic mass is 10.0. The van der Waals surface area contributed by atoms with Crippen LogP contribution in [0.3, 0.4) is 0 Å². The van der Waals surface area contributed by atoms with Gasteiger partial charge in [0.1, 0.15) is 5.82 Å². The van der Waals surface area contributed by atoms with Crippen LogP contribution in [0.2, 0.25) is 0 Å². The molecule has 0 aliphatic carbocycles. The average molecular weight is 199 g/mol. The Morgan fingerprint density at radius 3 is 2.79 bits per heavy atom. The molecule has 5 heteroatoms. The fraction of sp³-hybridized carbons (Fsp3) is 0.222. The molecule has 0 fully saturated rings. The maximum Gasteiger partial charge on any atom is 0.172 e. The largest absolute Gasteiger partial charge is 0.489 e. The molecule has 0 aromatic heterocycles. The minimum absolute atomic E-state index is 0.0973. The van der Waals surface area contributed by atoms with E-state index in [9.17, 15) is 13.6 Å². The minimum Gasteiger partial charge on any atom is -0.489 e. The lowest BCUT2D eigenvalue weighted by Gasteiger charge is -2.18. The van der Waals surface area contributed by atoms with Crippen LogP contribution in [0.4, 0.5) is 14.5 Å². The summed E-state index contributed by atoms with van der Waals surface area (Å²) in [6.07, 6.45) is 0.0973. The third kappa shape index (κ3) is 1.13. The maximum absolute atomic E-state index is 13.1. The van der Waals surface area contributed by atoms with Gasteiger partial charge in [-0.2, -0.15) is 0 Å². The average Bonchev–Trinajstić information content (AvgIpc) is 2.14. The molecule has 0 amide bonds. The van der Waals surface area contributed by atoms with Crippen molar-refractivity contribution in [3.8, 4) is 5.75 Å². The van der Waals surface area contributed by atoms with Crippen LogP contribution in [0.1, 0.15) is 16.8 Å². The first kappa shape index (κ1) is 8.93. The van der Waals surface area contributed by atoms with Crippen LogP contribution in [0, 0.1) is 11.6 Å². The highest BCUT2D eigenvalue weighted by Gasteiger charge is 2.26. The van der Waals surface area contributed by atoms with Crippen LogP contribution in [0.25, 0.3) is 0 Å². The van der Waals surface area contributed by atoms with Gasteiger partial charge in [0.15, 0.2) is 17.3 Å². The van der Waals surface area contributed by atoms with Crippen molar-refractivity contribution in [1.82, 2.24) is 0 Å². The van der Waals surface area contributed by atoms with E-state index in [1.165, 1.54) is 0 Å². The zero-order valence-electron chi connectivity index (χ0n) is 7.14. The standard InChI is InChI=1S/C9H7F2NO2/c10-4-3-5(11)9-7(8(4)12)6(13)1-2-14-9/h3H,1-2,12H2. The molecule has 0 atom stereocenters. The second-order valence-electron chi connectivity index (χ2n) is 2.98. The smallest absolute Gasteiger partial charge is 0.172 e. The van der Waals surface area contributed by atoms with Gasteiger partial charge in [-0.15, -0.1) is 0 Å². The number of rotatable bonds is 0. The highest BCUT2D eigenvalue weighted by Crippen LogP contribution is 2.33. The van der Waals surface area contributed by atoms with Crippen molar-refractivity contribution in [2.45, 2.75) is 6.42 Å². The quantitative estimate of drug-likeness (QED) is 0.644. The molecule has 0 radical (unpaired) electrons. The Morgan fingerprint density at radius 1 is 1.36 bits per heavy atom. The van der Waals surface area contributed by atoms with E-state index < -0.39 is 11.6 Å². The third-order valence-corrected chi connectivity index (χ3v) is 2.08. The molecule has 2 rings (SSSR count). The van der Waals surface area contributed by atoms with Crippen molar-refractivity contribution in [3.05, 3.63) is 23.3 Å². The topological polar surface area (TPSA) is 52.3 Å². The van der Waals surface area contributed by atoms with Gasteiger partial charge in [0.05, 0.1) is 17.9 Å². The number of nitrogens with two attached hydrogens (primary N) is 1. The monoisotopic (exact) mass is 199 g/mol. The number of fused-ring (bicyclic) bond motifs is 1. The van der Waals surface area contributed by atoms with Gasteiger partial charge >= 0.3 is 0 Å². The predicted molar refractivity (Wildman–Crippen MR) is 45.2 cm³/mol. The Labute approximate surface area is 78.5 Å². The molecule has 1 aliphatic heterocycles. The van der Waals surface area contributed by atoms with Crippen LogP contribution < -0.4 is 10.5 Å². The van der Waals surface area contributed by atoms with E-state index in [1.807, 2.05) is 0 Å².